The number of aliphatic hydroxyl groups is 1. The van der Waals surface area contributed by atoms with Gasteiger partial charge in [-0.05, 0) is 74.2 Å². The van der Waals surface area contributed by atoms with Gasteiger partial charge >= 0.3 is 0 Å². The van der Waals surface area contributed by atoms with Crippen molar-refractivity contribution in [2.24, 2.45) is 16.7 Å². The van der Waals surface area contributed by atoms with Crippen molar-refractivity contribution in [2.75, 3.05) is 59.0 Å². The van der Waals surface area contributed by atoms with Gasteiger partial charge in [-0.3, -0.25) is 24.1 Å². The van der Waals surface area contributed by atoms with E-state index in [1.807, 2.05) is 67.9 Å². The molecule has 70 heavy (non-hydrogen) atoms. The number of piperazine rings is 1. The largest absolute Gasteiger partial charge is 0.489 e. The number of nitrogens with zero attached hydrogens (tertiary/aromatic N) is 5. The van der Waals surface area contributed by atoms with Crippen LogP contribution >= 0.6 is 22.9 Å². The smallest absolute Gasteiger partial charge is 0.251 e. The van der Waals surface area contributed by atoms with E-state index in [9.17, 15) is 29.5 Å². The molecular weight excluding hydrogens is 928 g/mol. The number of hydrogen-bond donors (Lipinski definition) is 4. The molecule has 4 fully saturated rings. The van der Waals surface area contributed by atoms with Crippen LogP contribution in [0, 0.1) is 35.0 Å². The summed E-state index contributed by atoms with van der Waals surface area (Å²) in [6, 6.07) is 20.7. The van der Waals surface area contributed by atoms with Crippen molar-refractivity contribution >= 4 is 46.6 Å². The first-order chi connectivity index (χ1) is 33.4. The monoisotopic (exact) mass is 992 g/mol. The fourth-order valence-corrected chi connectivity index (χ4v) is 12.0. The van der Waals surface area contributed by atoms with Gasteiger partial charge in [0.25, 0.3) is 5.91 Å². The Morgan fingerprint density at radius 3 is 2.27 bits per heavy atom. The van der Waals surface area contributed by atoms with Gasteiger partial charge in [0.2, 0.25) is 17.7 Å². The molecule has 15 nitrogen and oxygen atoms in total. The Balaban J connectivity index is 0.759. The Morgan fingerprint density at radius 2 is 1.66 bits per heavy atom. The highest BCUT2D eigenvalue weighted by molar-refractivity contribution is 7.13. The van der Waals surface area contributed by atoms with E-state index in [1.54, 1.807) is 29.5 Å². The van der Waals surface area contributed by atoms with Gasteiger partial charge in [-0.2, -0.15) is 5.26 Å². The zero-order valence-corrected chi connectivity index (χ0v) is 42.4. The molecule has 0 unspecified atom stereocenters. The van der Waals surface area contributed by atoms with Crippen LogP contribution in [0.4, 0.5) is 0 Å². The average molecular weight is 994 g/mol. The van der Waals surface area contributed by atoms with Crippen molar-refractivity contribution in [2.45, 2.75) is 97.2 Å². The second-order valence-electron chi connectivity index (χ2n) is 20.6. The lowest BCUT2D eigenvalue weighted by Crippen LogP contribution is -2.74. The van der Waals surface area contributed by atoms with Gasteiger partial charge in [0.1, 0.15) is 30.0 Å². The lowest BCUT2D eigenvalue weighted by atomic mass is 9.49. The number of amides is 4. The van der Waals surface area contributed by atoms with Gasteiger partial charge in [0.05, 0.1) is 58.6 Å². The van der Waals surface area contributed by atoms with Crippen molar-refractivity contribution < 1.29 is 33.8 Å². The van der Waals surface area contributed by atoms with Gasteiger partial charge < -0.3 is 40.3 Å². The Morgan fingerprint density at radius 1 is 0.971 bits per heavy atom. The van der Waals surface area contributed by atoms with Gasteiger partial charge in [-0.25, -0.2) is 4.98 Å². The van der Waals surface area contributed by atoms with Gasteiger partial charge in [0.15, 0.2) is 0 Å². The van der Waals surface area contributed by atoms with E-state index in [-0.39, 0.29) is 78.1 Å². The Bertz CT molecular complexity index is 2550. The molecule has 4 amide bonds. The lowest BCUT2D eigenvalue weighted by molar-refractivity contribution is -0.164. The number of nitrogens with one attached hydrogen (secondary N) is 3. The second-order valence-corrected chi connectivity index (χ2v) is 21.8. The molecule has 3 saturated heterocycles. The normalized spacial score (nSPS) is 23.0. The zero-order chi connectivity index (χ0) is 49.9. The third kappa shape index (κ3) is 11.2. The molecule has 3 aliphatic heterocycles. The van der Waals surface area contributed by atoms with Crippen molar-refractivity contribution in [3.8, 4) is 22.3 Å². The van der Waals surface area contributed by atoms with E-state index in [0.717, 1.165) is 59.7 Å². The lowest BCUT2D eigenvalue weighted by Gasteiger charge is -2.63. The van der Waals surface area contributed by atoms with Gasteiger partial charge in [0, 0.05) is 73.6 Å². The Kier molecular flexibility index (Phi) is 15.7. The molecule has 1 saturated carbocycles. The summed E-state index contributed by atoms with van der Waals surface area (Å²) in [6.45, 7) is 17.0. The predicted molar refractivity (Wildman–Crippen MR) is 268 cm³/mol. The SMILES string of the molecule is Cc1ncsc1-c1ccc([C@H](C)NC(=O)[C@@H]2C[C@@H](O)CN2C(=O)[C@@H](NC(=O)CN2CCN(CCCc3ccc(C(=O)N[C@H]4C(C)(C)[C@H](Oc5ccc(C#N)c(Cl)c5)C4(C)C)cc3)CC2)C2COC2)cc1. The van der Waals surface area contributed by atoms with Crippen molar-refractivity contribution in [3.05, 3.63) is 105 Å². The first-order valence-electron chi connectivity index (χ1n) is 24.3. The summed E-state index contributed by atoms with van der Waals surface area (Å²) in [4.78, 5) is 66.3. The van der Waals surface area contributed by atoms with E-state index in [0.29, 0.717) is 48.2 Å². The minimum absolute atomic E-state index is 0.00844. The van der Waals surface area contributed by atoms with Crippen molar-refractivity contribution in [3.63, 3.8) is 0 Å². The maximum absolute atomic E-state index is 14.2. The summed E-state index contributed by atoms with van der Waals surface area (Å²) in [6.07, 6.45) is 0.868. The highest BCUT2D eigenvalue weighted by Gasteiger charge is 2.64. The number of rotatable bonds is 17. The number of ether oxygens (including phenoxy) is 2. The van der Waals surface area contributed by atoms with Crippen LogP contribution < -0.4 is 20.7 Å². The molecule has 4 aromatic rings. The molecule has 3 aromatic carbocycles. The maximum Gasteiger partial charge on any atom is 0.251 e. The number of hydrogen-bond acceptors (Lipinski definition) is 12. The topological polar surface area (TPSA) is 189 Å². The number of aliphatic hydroxyl groups excluding tert-OH is 1. The Hall–Kier alpha value is -5.41. The summed E-state index contributed by atoms with van der Waals surface area (Å²) in [7, 11) is 0. The maximum atomic E-state index is 14.2. The number of halogens is 1. The number of likely N-dealkylation sites (tertiary alicyclic amines) is 1. The van der Waals surface area contributed by atoms with Gasteiger partial charge in [-0.15, -0.1) is 11.3 Å². The molecule has 4 heterocycles. The molecule has 17 heteroatoms. The third-order valence-corrected chi connectivity index (χ3v) is 16.1. The average Bonchev–Trinajstić information content (AvgIpc) is 3.94. The second kappa shape index (κ2) is 21.5. The van der Waals surface area contributed by atoms with E-state index < -0.39 is 18.2 Å². The molecule has 1 aromatic heterocycles. The summed E-state index contributed by atoms with van der Waals surface area (Å²) in [5, 5.41) is 29.6. The zero-order valence-electron chi connectivity index (χ0n) is 40.9. The third-order valence-electron chi connectivity index (χ3n) is 14.8. The molecular formula is C53H65ClN8O7S. The van der Waals surface area contributed by atoms with Crippen LogP contribution in [-0.4, -0.2) is 138 Å². The number of aryl methyl sites for hydroxylation is 2. The number of nitriles is 1. The fraction of sp³-hybridized carbons (Fsp3) is 0.509. The molecule has 0 radical (unpaired) electrons. The van der Waals surface area contributed by atoms with E-state index in [2.05, 4.69) is 64.5 Å². The van der Waals surface area contributed by atoms with Crippen LogP contribution in [-0.2, 0) is 25.5 Å². The minimum Gasteiger partial charge on any atom is -0.489 e. The number of carbonyl (C=O) groups is 4. The standard InChI is InChI=1S/C53H65ClN8O7S/c1-32(35-13-15-36(16-14-35)46-33(2)56-31-70-46)57-48(66)43-24-40(63)27-62(43)49(67)45(39-29-68-30-39)58-44(64)28-61-22-20-60(21-23-61)19-7-8-34-9-11-37(12-10-34)47(65)59-50-52(3,4)51(53(50,5)6)69-41-18-17-38(26-55)42(54)25-41/h9-18,25,31-32,39-40,43,45,50-51,63H,7-8,19-24,27-30H2,1-6H3,(H,57,66)(H,58,64)(H,59,65)/t32-,40+,43-,45-,50-,51-/m0/s1. The summed E-state index contributed by atoms with van der Waals surface area (Å²) in [5.74, 6) is -0.758. The van der Waals surface area contributed by atoms with Crippen LogP contribution in [0.15, 0.2) is 72.2 Å². The van der Waals surface area contributed by atoms with Crippen molar-refractivity contribution in [1.29, 1.82) is 5.26 Å². The van der Waals surface area contributed by atoms with Crippen LogP contribution in [0.2, 0.25) is 5.02 Å². The molecule has 372 valence electrons. The van der Waals surface area contributed by atoms with Crippen LogP contribution in [0.1, 0.15) is 86.2 Å². The highest BCUT2D eigenvalue weighted by Crippen LogP contribution is 2.55. The summed E-state index contributed by atoms with van der Waals surface area (Å²) < 4.78 is 11.8. The fourth-order valence-electron chi connectivity index (χ4n) is 10.9. The molecule has 0 spiro atoms. The van der Waals surface area contributed by atoms with Crippen LogP contribution in [0.25, 0.3) is 10.4 Å². The van der Waals surface area contributed by atoms with Crippen LogP contribution in [0.3, 0.4) is 0 Å². The Labute approximate surface area is 419 Å². The molecule has 4 atom stereocenters. The van der Waals surface area contributed by atoms with E-state index >= 15 is 0 Å². The molecule has 4 N–H and O–H groups in total. The molecule has 4 aliphatic rings. The molecule has 8 rings (SSSR count). The van der Waals surface area contributed by atoms with Gasteiger partial charge in [-0.1, -0.05) is 75.7 Å². The quantitative estimate of drug-likeness (QED) is 0.101. The summed E-state index contributed by atoms with van der Waals surface area (Å²) in [5.41, 5.74) is 6.17. The predicted octanol–water partition coefficient (Wildman–Crippen LogP) is 5.78. The number of carbonyl (C=O) groups excluding carboxylic acids is 4. The number of benzene rings is 3. The van der Waals surface area contributed by atoms with E-state index in [4.69, 9.17) is 21.1 Å². The molecule has 1 aliphatic carbocycles. The van der Waals surface area contributed by atoms with Crippen molar-refractivity contribution in [1.82, 2.24) is 35.6 Å². The molecule has 0 bridgehead atoms. The number of aromatic nitrogens is 1. The minimum atomic E-state index is -0.874. The summed E-state index contributed by atoms with van der Waals surface area (Å²) >= 11 is 7.84. The van der Waals surface area contributed by atoms with E-state index in [1.165, 1.54) is 4.90 Å². The van der Waals surface area contributed by atoms with Crippen LogP contribution in [0.5, 0.6) is 5.75 Å². The highest BCUT2D eigenvalue weighted by atomic mass is 35.5. The number of β-amino-alcohol motifs (C(OH)–C–C–N with tert-alkyl or cyclic N) is 1. The first kappa shape index (κ1) is 51.0. The number of thiazole rings is 1. The first-order valence-corrected chi connectivity index (χ1v) is 25.6.